The zero-order chi connectivity index (χ0) is 21.1. The molecule has 2 aromatic heterocycles. The van der Waals surface area contributed by atoms with Crippen LogP contribution in [0.15, 0.2) is 53.9 Å². The topological polar surface area (TPSA) is 86.1 Å². The van der Waals surface area contributed by atoms with E-state index in [2.05, 4.69) is 10.3 Å². The van der Waals surface area contributed by atoms with Gasteiger partial charge in [0.15, 0.2) is 5.69 Å². The highest BCUT2D eigenvalue weighted by molar-refractivity contribution is 7.12. The number of carbonyl (C=O) groups excluding carboxylic acids is 2. The van der Waals surface area contributed by atoms with Crippen molar-refractivity contribution in [1.82, 2.24) is 14.8 Å². The van der Waals surface area contributed by atoms with Crippen molar-refractivity contribution in [2.45, 2.75) is 20.3 Å². The summed E-state index contributed by atoms with van der Waals surface area (Å²) in [6.45, 7) is 3.84. The van der Waals surface area contributed by atoms with Gasteiger partial charge in [-0.3, -0.25) is 4.79 Å². The average molecular weight is 420 g/mol. The molecule has 8 heteroatoms. The fraction of sp³-hybridized carbons (Fsp3) is 0.182. The third kappa shape index (κ3) is 3.81. The summed E-state index contributed by atoms with van der Waals surface area (Å²) in [6, 6.07) is 15.5. The molecule has 0 saturated heterocycles. The number of ether oxygens (including phenoxy) is 1. The fourth-order valence-corrected chi connectivity index (χ4v) is 3.81. The monoisotopic (exact) mass is 420 g/mol. The molecule has 4 aromatic rings. The van der Waals surface area contributed by atoms with Gasteiger partial charge in [0.2, 0.25) is 11.0 Å². The Morgan fingerprint density at radius 2 is 1.93 bits per heavy atom. The van der Waals surface area contributed by atoms with E-state index >= 15 is 0 Å². The van der Waals surface area contributed by atoms with E-state index in [0.717, 1.165) is 22.2 Å². The Labute approximate surface area is 177 Å². The fourth-order valence-electron chi connectivity index (χ4n) is 3.06. The third-order valence-electron chi connectivity index (χ3n) is 4.49. The molecular formula is C22H20N4O3S. The predicted octanol–water partition coefficient (Wildman–Crippen LogP) is 4.67. The van der Waals surface area contributed by atoms with Crippen LogP contribution in [0.5, 0.6) is 0 Å². The first-order valence-corrected chi connectivity index (χ1v) is 10.5. The second kappa shape index (κ2) is 8.46. The molecular weight excluding hydrogens is 400 g/mol. The molecule has 1 N–H and O–H groups in total. The van der Waals surface area contributed by atoms with Gasteiger partial charge >= 0.3 is 5.97 Å². The maximum Gasteiger partial charge on any atom is 0.357 e. The van der Waals surface area contributed by atoms with E-state index in [1.165, 1.54) is 11.3 Å². The van der Waals surface area contributed by atoms with Gasteiger partial charge in [-0.2, -0.15) is 5.10 Å². The number of benzene rings is 2. The third-order valence-corrected chi connectivity index (χ3v) is 5.31. The van der Waals surface area contributed by atoms with E-state index in [4.69, 9.17) is 9.84 Å². The minimum absolute atomic E-state index is 0.0671. The molecule has 0 unspecified atom stereocenters. The van der Waals surface area contributed by atoms with Crippen molar-refractivity contribution in [3.8, 4) is 16.4 Å². The minimum Gasteiger partial charge on any atom is -0.461 e. The number of aromatic nitrogens is 3. The van der Waals surface area contributed by atoms with Crippen molar-refractivity contribution in [3.63, 3.8) is 0 Å². The van der Waals surface area contributed by atoms with Gasteiger partial charge in [0.1, 0.15) is 5.69 Å². The molecule has 0 fully saturated rings. The second-order valence-electron chi connectivity index (χ2n) is 6.50. The minimum atomic E-state index is -0.462. The van der Waals surface area contributed by atoms with Crippen LogP contribution in [-0.4, -0.2) is 33.2 Å². The first kappa shape index (κ1) is 19.8. The molecule has 0 spiro atoms. The molecule has 0 aliphatic carbocycles. The zero-order valence-corrected chi connectivity index (χ0v) is 17.4. The average Bonchev–Trinajstić information content (AvgIpc) is 3.39. The number of esters is 1. The summed E-state index contributed by atoms with van der Waals surface area (Å²) in [5.74, 6) is -0.529. The van der Waals surface area contributed by atoms with Crippen molar-refractivity contribution in [2.24, 2.45) is 0 Å². The van der Waals surface area contributed by atoms with Gasteiger partial charge in [0.25, 0.3) is 0 Å². The number of thiazole rings is 1. The number of hydrogen-bond donors (Lipinski definition) is 1. The number of anilines is 1. The molecule has 7 nitrogen and oxygen atoms in total. The summed E-state index contributed by atoms with van der Waals surface area (Å²) < 4.78 is 6.74. The van der Waals surface area contributed by atoms with Crippen LogP contribution in [0.3, 0.4) is 0 Å². The molecule has 0 radical (unpaired) electrons. The zero-order valence-electron chi connectivity index (χ0n) is 16.6. The van der Waals surface area contributed by atoms with Gasteiger partial charge in [-0.05, 0) is 25.1 Å². The normalized spacial score (nSPS) is 10.9. The smallest absolute Gasteiger partial charge is 0.357 e. The Balaban J connectivity index is 1.86. The quantitative estimate of drug-likeness (QED) is 0.458. The highest BCUT2D eigenvalue weighted by Crippen LogP contribution is 2.32. The van der Waals surface area contributed by atoms with Crippen molar-refractivity contribution < 1.29 is 14.3 Å². The molecule has 0 aliphatic heterocycles. The highest BCUT2D eigenvalue weighted by Gasteiger charge is 2.18. The van der Waals surface area contributed by atoms with Gasteiger partial charge in [-0.15, -0.1) is 11.3 Å². The lowest BCUT2D eigenvalue weighted by Crippen LogP contribution is -2.09. The van der Waals surface area contributed by atoms with Crippen LogP contribution in [0.4, 0.5) is 5.69 Å². The van der Waals surface area contributed by atoms with Crippen LogP contribution < -0.4 is 5.32 Å². The first-order chi connectivity index (χ1) is 14.6. The van der Waals surface area contributed by atoms with Crippen LogP contribution in [0.2, 0.25) is 0 Å². The lowest BCUT2D eigenvalue weighted by atomic mass is 10.1. The lowest BCUT2D eigenvalue weighted by Gasteiger charge is -2.05. The summed E-state index contributed by atoms with van der Waals surface area (Å²) in [7, 11) is 0. The number of nitrogens with one attached hydrogen (secondary N) is 1. The summed E-state index contributed by atoms with van der Waals surface area (Å²) >= 11 is 1.31. The van der Waals surface area contributed by atoms with Gasteiger partial charge in [-0.1, -0.05) is 37.3 Å². The SMILES string of the molecule is CCOC(=O)c1csc(-n2nc(-c3ccccc3)c3ccc(NC(=O)CC)cc32)n1. The van der Waals surface area contributed by atoms with Gasteiger partial charge < -0.3 is 10.1 Å². The Kier molecular flexibility index (Phi) is 5.58. The molecule has 152 valence electrons. The van der Waals surface area contributed by atoms with Gasteiger partial charge in [0, 0.05) is 28.4 Å². The van der Waals surface area contributed by atoms with E-state index in [1.54, 1.807) is 23.9 Å². The molecule has 0 atom stereocenters. The molecule has 0 aliphatic rings. The number of amides is 1. The van der Waals surface area contributed by atoms with E-state index in [-0.39, 0.29) is 18.2 Å². The van der Waals surface area contributed by atoms with Crippen LogP contribution in [-0.2, 0) is 9.53 Å². The van der Waals surface area contributed by atoms with Crippen molar-refractivity contribution in [2.75, 3.05) is 11.9 Å². The Bertz CT molecular complexity index is 1210. The molecule has 1 amide bonds. The summed E-state index contributed by atoms with van der Waals surface area (Å²) in [5, 5.41) is 10.8. The van der Waals surface area contributed by atoms with Crippen LogP contribution in [0.1, 0.15) is 30.8 Å². The Hall–Kier alpha value is -3.52. The van der Waals surface area contributed by atoms with E-state index in [9.17, 15) is 9.59 Å². The number of carbonyl (C=O) groups is 2. The summed E-state index contributed by atoms with van der Waals surface area (Å²) in [6.07, 6.45) is 0.391. The first-order valence-electron chi connectivity index (χ1n) is 9.61. The maximum absolute atomic E-state index is 12.0. The van der Waals surface area contributed by atoms with Crippen LogP contribution in [0.25, 0.3) is 27.3 Å². The summed E-state index contributed by atoms with van der Waals surface area (Å²) in [5.41, 5.74) is 3.47. The van der Waals surface area contributed by atoms with Crippen LogP contribution in [0, 0.1) is 0 Å². The second-order valence-corrected chi connectivity index (χ2v) is 7.33. The maximum atomic E-state index is 12.0. The molecule has 0 saturated carbocycles. The number of rotatable bonds is 6. The number of fused-ring (bicyclic) bond motifs is 1. The van der Waals surface area contributed by atoms with Crippen LogP contribution >= 0.6 is 11.3 Å². The predicted molar refractivity (Wildman–Crippen MR) is 117 cm³/mol. The van der Waals surface area contributed by atoms with Crippen molar-refractivity contribution in [1.29, 1.82) is 0 Å². The van der Waals surface area contributed by atoms with Crippen molar-refractivity contribution >= 4 is 39.8 Å². The standard InChI is InChI=1S/C22H20N4O3S/c1-3-19(27)23-15-10-11-16-18(12-15)26(25-20(16)14-8-6-5-7-9-14)22-24-17(13-30-22)21(28)29-4-2/h5-13H,3-4H2,1-2H3,(H,23,27). The number of hydrogen-bond acceptors (Lipinski definition) is 6. The van der Waals surface area contributed by atoms with E-state index in [0.29, 0.717) is 17.2 Å². The Morgan fingerprint density at radius 1 is 1.13 bits per heavy atom. The van der Waals surface area contributed by atoms with Crippen molar-refractivity contribution in [3.05, 3.63) is 59.6 Å². The summed E-state index contributed by atoms with van der Waals surface area (Å²) in [4.78, 5) is 28.3. The molecule has 4 rings (SSSR count). The number of nitrogens with zero attached hydrogens (tertiary/aromatic N) is 3. The Morgan fingerprint density at radius 3 is 2.67 bits per heavy atom. The lowest BCUT2D eigenvalue weighted by molar-refractivity contribution is -0.115. The highest BCUT2D eigenvalue weighted by atomic mass is 32.1. The van der Waals surface area contributed by atoms with E-state index in [1.807, 2.05) is 48.5 Å². The molecule has 30 heavy (non-hydrogen) atoms. The molecule has 2 heterocycles. The largest absolute Gasteiger partial charge is 0.461 e. The van der Waals surface area contributed by atoms with Gasteiger partial charge in [-0.25, -0.2) is 14.5 Å². The molecule has 2 aromatic carbocycles. The van der Waals surface area contributed by atoms with Gasteiger partial charge in [0.05, 0.1) is 12.1 Å². The molecule has 0 bridgehead atoms. The van der Waals surface area contributed by atoms with E-state index < -0.39 is 5.97 Å².